The number of aromatic nitrogens is 1. The largest absolute Gasteiger partial charge is 0.393 e. The van der Waals surface area contributed by atoms with Gasteiger partial charge in [-0.25, -0.2) is 0 Å². The van der Waals surface area contributed by atoms with Crippen LogP contribution in [0.3, 0.4) is 0 Å². The van der Waals surface area contributed by atoms with Gasteiger partial charge in [-0.15, -0.1) is 0 Å². The van der Waals surface area contributed by atoms with E-state index in [0.29, 0.717) is 6.04 Å². The number of anilines is 1. The third kappa shape index (κ3) is 2.31. The van der Waals surface area contributed by atoms with Crippen molar-refractivity contribution in [1.29, 1.82) is 0 Å². The average molecular weight is 242 g/mol. The molecule has 3 rings (SSSR count). The molecule has 2 N–H and O–H groups in total. The van der Waals surface area contributed by atoms with E-state index in [1.54, 1.807) is 0 Å². The van der Waals surface area contributed by atoms with E-state index in [2.05, 4.69) is 34.6 Å². The van der Waals surface area contributed by atoms with Crippen molar-refractivity contribution >= 4 is 16.6 Å². The minimum atomic E-state index is -0.103. The van der Waals surface area contributed by atoms with Gasteiger partial charge in [0.2, 0.25) is 0 Å². The molecule has 1 heterocycles. The highest BCUT2D eigenvalue weighted by atomic mass is 16.3. The Morgan fingerprint density at radius 3 is 2.67 bits per heavy atom. The summed E-state index contributed by atoms with van der Waals surface area (Å²) in [4.78, 5) is 4.45. The summed E-state index contributed by atoms with van der Waals surface area (Å²) in [5, 5.41) is 14.3. The van der Waals surface area contributed by atoms with Gasteiger partial charge in [0.05, 0.1) is 17.3 Å². The molecular weight excluding hydrogens is 224 g/mol. The number of hydrogen-bond acceptors (Lipinski definition) is 3. The highest BCUT2D eigenvalue weighted by Crippen LogP contribution is 2.26. The number of nitrogens with one attached hydrogen (secondary N) is 1. The first kappa shape index (κ1) is 11.5. The Balaban J connectivity index is 1.82. The molecule has 0 atom stereocenters. The molecule has 1 aliphatic carbocycles. The highest BCUT2D eigenvalue weighted by molar-refractivity contribution is 5.90. The molecule has 0 amide bonds. The van der Waals surface area contributed by atoms with Gasteiger partial charge in [-0.05, 0) is 37.8 Å². The zero-order valence-corrected chi connectivity index (χ0v) is 10.3. The lowest BCUT2D eigenvalue weighted by atomic mass is 9.93. The van der Waals surface area contributed by atoms with Crippen LogP contribution < -0.4 is 5.32 Å². The van der Waals surface area contributed by atoms with Crippen molar-refractivity contribution in [1.82, 2.24) is 4.98 Å². The van der Waals surface area contributed by atoms with E-state index in [1.165, 1.54) is 5.39 Å². The number of aliphatic hydroxyl groups excluding tert-OH is 1. The van der Waals surface area contributed by atoms with Crippen LogP contribution in [0, 0.1) is 0 Å². The fourth-order valence-corrected chi connectivity index (χ4v) is 2.66. The Kier molecular flexibility index (Phi) is 3.15. The fraction of sp³-hybridized carbons (Fsp3) is 0.400. The molecule has 1 fully saturated rings. The Labute approximate surface area is 107 Å². The monoisotopic (exact) mass is 242 g/mol. The number of aliphatic hydroxyl groups is 1. The van der Waals surface area contributed by atoms with Crippen LogP contribution in [0.25, 0.3) is 10.9 Å². The number of hydrogen-bond donors (Lipinski definition) is 2. The van der Waals surface area contributed by atoms with Crippen LogP contribution in [-0.2, 0) is 0 Å². The van der Waals surface area contributed by atoms with Crippen molar-refractivity contribution in [3.63, 3.8) is 0 Å². The second-order valence-corrected chi connectivity index (χ2v) is 5.03. The van der Waals surface area contributed by atoms with Crippen LogP contribution in [0.5, 0.6) is 0 Å². The molecule has 3 heteroatoms. The highest BCUT2D eigenvalue weighted by Gasteiger charge is 2.19. The maximum absolute atomic E-state index is 9.52. The molecule has 1 aromatic carbocycles. The second-order valence-electron chi connectivity index (χ2n) is 5.03. The summed E-state index contributed by atoms with van der Waals surface area (Å²) >= 11 is 0. The molecule has 3 nitrogen and oxygen atoms in total. The second kappa shape index (κ2) is 4.94. The normalized spacial score (nSPS) is 24.1. The summed E-state index contributed by atoms with van der Waals surface area (Å²) in [5.41, 5.74) is 2.14. The standard InChI is InChI=1S/C15H18N2O/c18-13-8-6-12(7-9-13)17-14-5-1-3-11-4-2-10-16-15(11)14/h1-5,10,12-13,17-18H,6-9H2. The van der Waals surface area contributed by atoms with Gasteiger partial charge in [-0.3, -0.25) is 4.98 Å². The van der Waals surface area contributed by atoms with Gasteiger partial charge >= 0.3 is 0 Å². The number of para-hydroxylation sites is 1. The molecule has 0 radical (unpaired) electrons. The lowest BCUT2D eigenvalue weighted by molar-refractivity contribution is 0.126. The van der Waals surface area contributed by atoms with Gasteiger partial charge in [-0.2, -0.15) is 0 Å². The maximum Gasteiger partial charge on any atom is 0.0933 e. The molecule has 0 aliphatic heterocycles. The Morgan fingerprint density at radius 1 is 1.06 bits per heavy atom. The summed E-state index contributed by atoms with van der Waals surface area (Å²) in [6, 6.07) is 10.7. The first-order chi connectivity index (χ1) is 8.83. The van der Waals surface area contributed by atoms with Crippen molar-refractivity contribution in [2.75, 3.05) is 5.32 Å². The van der Waals surface area contributed by atoms with Crippen molar-refractivity contribution in [2.24, 2.45) is 0 Å². The fourth-order valence-electron chi connectivity index (χ4n) is 2.66. The lowest BCUT2D eigenvalue weighted by Crippen LogP contribution is -2.28. The summed E-state index contributed by atoms with van der Waals surface area (Å²) in [6.07, 6.45) is 5.59. The Hall–Kier alpha value is -1.61. The molecule has 18 heavy (non-hydrogen) atoms. The van der Waals surface area contributed by atoms with E-state index >= 15 is 0 Å². The van der Waals surface area contributed by atoms with E-state index in [-0.39, 0.29) is 6.10 Å². The van der Waals surface area contributed by atoms with E-state index < -0.39 is 0 Å². The van der Waals surface area contributed by atoms with Crippen molar-refractivity contribution in [3.8, 4) is 0 Å². The Bertz CT molecular complexity index is 528. The third-order valence-electron chi connectivity index (χ3n) is 3.69. The topological polar surface area (TPSA) is 45.1 Å². The van der Waals surface area contributed by atoms with Crippen LogP contribution in [0.1, 0.15) is 25.7 Å². The smallest absolute Gasteiger partial charge is 0.0933 e. The van der Waals surface area contributed by atoms with Crippen LogP contribution >= 0.6 is 0 Å². The van der Waals surface area contributed by atoms with Crippen LogP contribution in [-0.4, -0.2) is 22.2 Å². The zero-order chi connectivity index (χ0) is 12.4. The number of benzene rings is 1. The molecule has 1 aliphatic rings. The van der Waals surface area contributed by atoms with Gasteiger partial charge in [0, 0.05) is 17.6 Å². The maximum atomic E-state index is 9.52. The van der Waals surface area contributed by atoms with E-state index in [0.717, 1.165) is 36.9 Å². The minimum Gasteiger partial charge on any atom is -0.393 e. The molecular formula is C15H18N2O. The van der Waals surface area contributed by atoms with E-state index in [4.69, 9.17) is 0 Å². The first-order valence-corrected chi connectivity index (χ1v) is 6.61. The summed E-state index contributed by atoms with van der Waals surface area (Å²) in [5.74, 6) is 0. The van der Waals surface area contributed by atoms with Crippen molar-refractivity contribution in [3.05, 3.63) is 36.5 Å². The summed E-state index contributed by atoms with van der Waals surface area (Å²) in [6.45, 7) is 0. The van der Waals surface area contributed by atoms with Gasteiger partial charge in [0.25, 0.3) is 0 Å². The Morgan fingerprint density at radius 2 is 1.83 bits per heavy atom. The number of rotatable bonds is 2. The van der Waals surface area contributed by atoms with Gasteiger partial charge in [-0.1, -0.05) is 18.2 Å². The molecule has 94 valence electrons. The van der Waals surface area contributed by atoms with Crippen LogP contribution in [0.2, 0.25) is 0 Å². The number of pyridine rings is 1. The van der Waals surface area contributed by atoms with Gasteiger partial charge < -0.3 is 10.4 Å². The number of fused-ring (bicyclic) bond motifs is 1. The first-order valence-electron chi connectivity index (χ1n) is 6.61. The molecule has 0 spiro atoms. The summed E-state index contributed by atoms with van der Waals surface area (Å²) in [7, 11) is 0. The van der Waals surface area contributed by atoms with Gasteiger partial charge in [0.15, 0.2) is 0 Å². The van der Waals surface area contributed by atoms with E-state index in [1.807, 2.05) is 12.3 Å². The third-order valence-corrected chi connectivity index (χ3v) is 3.69. The molecule has 0 unspecified atom stereocenters. The lowest BCUT2D eigenvalue weighted by Gasteiger charge is -2.27. The molecule has 1 aromatic heterocycles. The van der Waals surface area contributed by atoms with Crippen LogP contribution in [0.15, 0.2) is 36.5 Å². The zero-order valence-electron chi connectivity index (χ0n) is 10.3. The quantitative estimate of drug-likeness (QED) is 0.851. The average Bonchev–Trinajstić information content (AvgIpc) is 2.42. The predicted octanol–water partition coefficient (Wildman–Crippen LogP) is 2.95. The van der Waals surface area contributed by atoms with Crippen molar-refractivity contribution < 1.29 is 5.11 Å². The molecule has 0 bridgehead atoms. The van der Waals surface area contributed by atoms with Crippen molar-refractivity contribution in [2.45, 2.75) is 37.8 Å². The molecule has 1 saturated carbocycles. The predicted molar refractivity (Wildman–Crippen MR) is 73.6 cm³/mol. The van der Waals surface area contributed by atoms with E-state index in [9.17, 15) is 5.11 Å². The van der Waals surface area contributed by atoms with Gasteiger partial charge in [0.1, 0.15) is 0 Å². The summed E-state index contributed by atoms with van der Waals surface area (Å²) < 4.78 is 0. The SMILES string of the molecule is OC1CCC(Nc2cccc3cccnc23)CC1. The molecule has 0 saturated heterocycles. The minimum absolute atomic E-state index is 0.103. The number of nitrogens with zero attached hydrogens (tertiary/aromatic N) is 1. The molecule has 2 aromatic rings. The van der Waals surface area contributed by atoms with Crippen LogP contribution in [0.4, 0.5) is 5.69 Å².